The van der Waals surface area contributed by atoms with E-state index < -0.39 is 36.5 Å². The summed E-state index contributed by atoms with van der Waals surface area (Å²) in [5.41, 5.74) is -0.0309. The fourth-order valence-corrected chi connectivity index (χ4v) is 3.36. The molecule has 0 radical (unpaired) electrons. The van der Waals surface area contributed by atoms with Crippen molar-refractivity contribution in [2.24, 2.45) is 11.8 Å². The van der Waals surface area contributed by atoms with Crippen molar-refractivity contribution in [3.63, 3.8) is 0 Å². The Morgan fingerprint density at radius 1 is 1.00 bits per heavy atom. The van der Waals surface area contributed by atoms with Crippen LogP contribution < -0.4 is 14.2 Å². The molecule has 9 nitrogen and oxygen atoms in total. The van der Waals surface area contributed by atoms with Gasteiger partial charge < -0.3 is 23.7 Å². The van der Waals surface area contributed by atoms with Crippen molar-refractivity contribution in [2.75, 3.05) is 13.9 Å². The summed E-state index contributed by atoms with van der Waals surface area (Å²) in [6.45, 7) is 8.16. The third kappa shape index (κ3) is 8.27. The van der Waals surface area contributed by atoms with Crippen LogP contribution in [0.4, 0.5) is 0 Å². The topological polar surface area (TPSA) is 110 Å². The molecule has 0 aliphatic rings. The Hall–Kier alpha value is -3.62. The molecule has 0 aliphatic carbocycles. The summed E-state index contributed by atoms with van der Waals surface area (Å²) in [6.07, 6.45) is 0.314. The average Bonchev–Trinajstić information content (AvgIpc) is 2.82. The Labute approximate surface area is 205 Å². The number of aromatic nitrogens is 1. The number of ketones is 1. The van der Waals surface area contributed by atoms with Gasteiger partial charge in [0.05, 0.1) is 13.0 Å². The van der Waals surface area contributed by atoms with Gasteiger partial charge in [-0.2, -0.15) is 0 Å². The minimum absolute atomic E-state index is 0.0309. The number of nitrogens with zero attached hydrogens (tertiary/aromatic N) is 1. The number of hydrogen-bond donors (Lipinski definition) is 0. The summed E-state index contributed by atoms with van der Waals surface area (Å²) < 4.78 is 27.2. The molecule has 2 rings (SSSR count). The maximum absolute atomic E-state index is 13.0. The molecular formula is C26H33NO8. The molecule has 1 aromatic heterocycles. The molecule has 3 atom stereocenters. The second-order valence-corrected chi connectivity index (χ2v) is 8.40. The van der Waals surface area contributed by atoms with Crippen LogP contribution in [0.2, 0.25) is 0 Å². The molecule has 0 fully saturated rings. The highest BCUT2D eigenvalue weighted by Crippen LogP contribution is 2.31. The average molecular weight is 488 g/mol. The number of benzene rings is 1. The van der Waals surface area contributed by atoms with Crippen molar-refractivity contribution < 1.29 is 38.1 Å². The number of para-hydroxylation sites is 1. The molecule has 1 heterocycles. The quantitative estimate of drug-likeness (QED) is 0.233. The van der Waals surface area contributed by atoms with E-state index >= 15 is 0 Å². The first-order chi connectivity index (χ1) is 16.6. The first kappa shape index (κ1) is 27.6. The van der Waals surface area contributed by atoms with E-state index in [1.807, 2.05) is 44.2 Å². The zero-order valence-electron chi connectivity index (χ0n) is 21.0. The molecule has 0 spiro atoms. The smallest absolute Gasteiger partial charge is 0.309 e. The number of rotatable bonds is 13. The summed E-state index contributed by atoms with van der Waals surface area (Å²) in [5, 5.41) is 0. The van der Waals surface area contributed by atoms with Crippen LogP contribution in [0.3, 0.4) is 0 Å². The van der Waals surface area contributed by atoms with Gasteiger partial charge in [0, 0.05) is 25.6 Å². The molecule has 0 bridgehead atoms. The predicted octanol–water partition coefficient (Wildman–Crippen LogP) is 4.23. The van der Waals surface area contributed by atoms with Gasteiger partial charge in [0.2, 0.25) is 6.79 Å². The van der Waals surface area contributed by atoms with Crippen molar-refractivity contribution in [1.29, 1.82) is 0 Å². The van der Waals surface area contributed by atoms with E-state index in [1.165, 1.54) is 26.3 Å². The van der Waals surface area contributed by atoms with Crippen LogP contribution in [-0.2, 0) is 19.1 Å². The highest BCUT2D eigenvalue weighted by Gasteiger charge is 2.30. The van der Waals surface area contributed by atoms with Crippen LogP contribution in [-0.4, -0.2) is 48.8 Å². The minimum atomic E-state index is -0.746. The monoisotopic (exact) mass is 487 g/mol. The number of carbonyl (C=O) groups is 3. The summed E-state index contributed by atoms with van der Waals surface area (Å²) in [4.78, 5) is 40.9. The second kappa shape index (κ2) is 13.3. The lowest BCUT2D eigenvalue weighted by Gasteiger charge is -2.29. The highest BCUT2D eigenvalue weighted by atomic mass is 16.7. The van der Waals surface area contributed by atoms with Gasteiger partial charge in [0.25, 0.3) is 0 Å². The highest BCUT2D eigenvalue weighted by molar-refractivity contribution is 5.99. The van der Waals surface area contributed by atoms with Crippen LogP contribution >= 0.6 is 0 Å². The number of ether oxygens (including phenoxy) is 5. The molecular weight excluding hydrogens is 454 g/mol. The van der Waals surface area contributed by atoms with Crippen LogP contribution in [0.1, 0.15) is 51.5 Å². The Morgan fingerprint density at radius 3 is 2.29 bits per heavy atom. The maximum atomic E-state index is 13.0. The number of pyridine rings is 1. The van der Waals surface area contributed by atoms with E-state index in [0.29, 0.717) is 5.75 Å². The fourth-order valence-electron chi connectivity index (χ4n) is 3.36. The van der Waals surface area contributed by atoms with Crippen molar-refractivity contribution in [2.45, 2.75) is 53.2 Å². The predicted molar refractivity (Wildman–Crippen MR) is 127 cm³/mol. The first-order valence-electron chi connectivity index (χ1n) is 11.4. The lowest BCUT2D eigenvalue weighted by atomic mass is 10.0. The molecule has 2 aromatic rings. The first-order valence-corrected chi connectivity index (χ1v) is 11.4. The Bertz CT molecular complexity index is 992. The van der Waals surface area contributed by atoms with E-state index in [0.717, 1.165) is 0 Å². The summed E-state index contributed by atoms with van der Waals surface area (Å²) in [5.74, 6) is -1.22. The van der Waals surface area contributed by atoms with Gasteiger partial charge in [-0.3, -0.25) is 14.4 Å². The van der Waals surface area contributed by atoms with Gasteiger partial charge in [-0.1, -0.05) is 39.0 Å². The number of methoxy groups -OCH3 is 1. The van der Waals surface area contributed by atoms with Crippen LogP contribution in [0, 0.1) is 11.8 Å². The molecule has 35 heavy (non-hydrogen) atoms. The van der Waals surface area contributed by atoms with Gasteiger partial charge in [-0.25, -0.2) is 4.98 Å². The van der Waals surface area contributed by atoms with Gasteiger partial charge in [-0.05, 0) is 25.0 Å². The van der Waals surface area contributed by atoms with Crippen LogP contribution in [0.25, 0.3) is 0 Å². The van der Waals surface area contributed by atoms with Crippen LogP contribution in [0.15, 0.2) is 42.6 Å². The van der Waals surface area contributed by atoms with E-state index in [1.54, 1.807) is 13.8 Å². The SMILES string of the molecule is COc1ccnc(C(=O)C[C@H](C)C(=O)O[C@H](C)[C@@H](Oc2ccccc2)C(C)C)c1OCOC(C)=O. The Morgan fingerprint density at radius 2 is 1.69 bits per heavy atom. The standard InChI is InChI=1S/C26H33NO8/c1-16(2)24(35-20-10-8-7-9-11-20)18(4)34-26(30)17(3)14-21(29)23-25(33-15-32-19(5)28)22(31-6)12-13-27-23/h7-13,16-18,24H,14-15H2,1-6H3/t17-,18+,24-/m0/s1. The van der Waals surface area contributed by atoms with Crippen molar-refractivity contribution in [3.05, 3.63) is 48.3 Å². The number of hydrogen-bond acceptors (Lipinski definition) is 9. The van der Waals surface area contributed by atoms with Crippen molar-refractivity contribution in [1.82, 2.24) is 4.98 Å². The summed E-state index contributed by atoms with van der Waals surface area (Å²) in [7, 11) is 1.41. The molecule has 1 aromatic carbocycles. The van der Waals surface area contributed by atoms with Gasteiger partial charge in [-0.15, -0.1) is 0 Å². The molecule has 0 N–H and O–H groups in total. The number of carbonyl (C=O) groups excluding carboxylic acids is 3. The molecule has 0 saturated heterocycles. The zero-order valence-corrected chi connectivity index (χ0v) is 21.0. The molecule has 0 saturated carbocycles. The zero-order chi connectivity index (χ0) is 26.0. The summed E-state index contributed by atoms with van der Waals surface area (Å²) in [6, 6.07) is 10.8. The Kier molecular flexibility index (Phi) is 10.5. The summed E-state index contributed by atoms with van der Waals surface area (Å²) >= 11 is 0. The molecule has 190 valence electrons. The molecule has 9 heteroatoms. The van der Waals surface area contributed by atoms with E-state index in [4.69, 9.17) is 23.7 Å². The molecule has 0 unspecified atom stereocenters. The fraction of sp³-hybridized carbons (Fsp3) is 0.462. The third-order valence-corrected chi connectivity index (χ3v) is 5.15. The Balaban J connectivity index is 2.06. The number of esters is 2. The molecule has 0 aliphatic heterocycles. The maximum Gasteiger partial charge on any atom is 0.309 e. The van der Waals surface area contributed by atoms with Gasteiger partial charge in [0.15, 0.2) is 23.0 Å². The lowest BCUT2D eigenvalue weighted by Crippen LogP contribution is -2.38. The third-order valence-electron chi connectivity index (χ3n) is 5.15. The number of Topliss-reactive ketones (excluding diaryl/α,β-unsaturated/α-hetero) is 1. The van der Waals surface area contributed by atoms with Gasteiger partial charge in [0.1, 0.15) is 18.0 Å². The molecule has 0 amide bonds. The lowest BCUT2D eigenvalue weighted by molar-refractivity contribution is -0.158. The van der Waals surface area contributed by atoms with Gasteiger partial charge >= 0.3 is 11.9 Å². The second-order valence-electron chi connectivity index (χ2n) is 8.40. The van der Waals surface area contributed by atoms with Crippen molar-refractivity contribution in [3.8, 4) is 17.2 Å². The van der Waals surface area contributed by atoms with Crippen LogP contribution in [0.5, 0.6) is 17.2 Å². The van der Waals surface area contributed by atoms with Crippen molar-refractivity contribution >= 4 is 17.7 Å². The normalized spacial score (nSPS) is 13.3. The van der Waals surface area contributed by atoms with E-state index in [-0.39, 0.29) is 35.6 Å². The minimum Gasteiger partial charge on any atom is -0.493 e. The van der Waals surface area contributed by atoms with E-state index in [2.05, 4.69) is 4.98 Å². The van der Waals surface area contributed by atoms with E-state index in [9.17, 15) is 14.4 Å². The largest absolute Gasteiger partial charge is 0.493 e.